The van der Waals surface area contributed by atoms with E-state index in [1.807, 2.05) is 29.7 Å². The Morgan fingerprint density at radius 1 is 1.57 bits per heavy atom. The molecule has 0 amide bonds. The van der Waals surface area contributed by atoms with Crippen molar-refractivity contribution in [3.8, 4) is 5.75 Å². The van der Waals surface area contributed by atoms with E-state index < -0.39 is 0 Å². The Morgan fingerprint density at radius 3 is 3.00 bits per heavy atom. The molecule has 2 aromatic rings. The van der Waals surface area contributed by atoms with Crippen molar-refractivity contribution in [3.63, 3.8) is 0 Å². The second-order valence-electron chi connectivity index (χ2n) is 3.07. The van der Waals surface area contributed by atoms with Crippen LogP contribution in [0.5, 0.6) is 5.75 Å². The Hall–Kier alpha value is -1.55. The zero-order valence-electron chi connectivity index (χ0n) is 8.19. The standard InChI is InChI=1S/C10H12N2O2/c1-7-8(6-13)11-10-9(14-2)4-3-5-12(7)10/h3-5,13H,6H2,1-2H3. The van der Waals surface area contributed by atoms with Gasteiger partial charge in [0.25, 0.3) is 0 Å². The molecule has 1 N–H and O–H groups in total. The van der Waals surface area contributed by atoms with Gasteiger partial charge in [0.15, 0.2) is 11.4 Å². The van der Waals surface area contributed by atoms with Crippen LogP contribution in [0.15, 0.2) is 18.3 Å². The lowest BCUT2D eigenvalue weighted by molar-refractivity contribution is 0.276. The lowest BCUT2D eigenvalue weighted by Crippen LogP contribution is -1.91. The SMILES string of the molecule is COc1cccn2c(C)c(CO)nc12. The first kappa shape index (κ1) is 9.02. The molecule has 0 unspecified atom stereocenters. The second kappa shape index (κ2) is 3.31. The monoisotopic (exact) mass is 192 g/mol. The van der Waals surface area contributed by atoms with Crippen molar-refractivity contribution in [2.45, 2.75) is 13.5 Å². The van der Waals surface area contributed by atoms with Crippen molar-refractivity contribution in [1.29, 1.82) is 0 Å². The zero-order valence-corrected chi connectivity index (χ0v) is 8.19. The minimum absolute atomic E-state index is 0.0450. The normalized spacial score (nSPS) is 10.8. The number of hydrogen-bond acceptors (Lipinski definition) is 3. The number of pyridine rings is 1. The number of aliphatic hydroxyl groups excluding tert-OH is 1. The summed E-state index contributed by atoms with van der Waals surface area (Å²) in [6.45, 7) is 1.88. The van der Waals surface area contributed by atoms with Crippen LogP contribution in [-0.4, -0.2) is 21.6 Å². The fraction of sp³-hybridized carbons (Fsp3) is 0.300. The Morgan fingerprint density at radius 2 is 2.36 bits per heavy atom. The van der Waals surface area contributed by atoms with E-state index in [0.717, 1.165) is 17.1 Å². The molecule has 0 aliphatic carbocycles. The van der Waals surface area contributed by atoms with Crippen molar-refractivity contribution in [1.82, 2.24) is 9.38 Å². The molecular weight excluding hydrogens is 180 g/mol. The maximum atomic E-state index is 9.07. The third kappa shape index (κ3) is 1.15. The minimum atomic E-state index is -0.0450. The number of hydrogen-bond donors (Lipinski definition) is 1. The number of aryl methyl sites for hydroxylation is 1. The van der Waals surface area contributed by atoms with Gasteiger partial charge in [0.1, 0.15) is 0 Å². The molecular formula is C10H12N2O2. The molecule has 2 heterocycles. The van der Waals surface area contributed by atoms with Gasteiger partial charge in [-0.3, -0.25) is 0 Å². The quantitative estimate of drug-likeness (QED) is 0.776. The summed E-state index contributed by atoms with van der Waals surface area (Å²) in [4.78, 5) is 4.29. The Bertz CT molecular complexity index is 462. The van der Waals surface area contributed by atoms with Crippen LogP contribution in [0.1, 0.15) is 11.4 Å². The molecule has 0 aromatic carbocycles. The molecule has 0 fully saturated rings. The third-order valence-corrected chi connectivity index (χ3v) is 2.32. The number of aliphatic hydroxyl groups is 1. The number of aromatic nitrogens is 2. The maximum absolute atomic E-state index is 9.07. The van der Waals surface area contributed by atoms with E-state index >= 15 is 0 Å². The van der Waals surface area contributed by atoms with Gasteiger partial charge in [0.2, 0.25) is 0 Å². The molecule has 0 bridgehead atoms. The molecule has 0 saturated heterocycles. The van der Waals surface area contributed by atoms with Crippen molar-refractivity contribution >= 4 is 5.65 Å². The highest BCUT2D eigenvalue weighted by Crippen LogP contribution is 2.21. The maximum Gasteiger partial charge on any atom is 0.180 e. The summed E-state index contributed by atoms with van der Waals surface area (Å²) >= 11 is 0. The first-order valence-electron chi connectivity index (χ1n) is 4.39. The Balaban J connectivity index is 2.77. The molecule has 0 spiro atoms. The average molecular weight is 192 g/mol. The van der Waals surface area contributed by atoms with Gasteiger partial charge >= 0.3 is 0 Å². The summed E-state index contributed by atoms with van der Waals surface area (Å²) in [7, 11) is 1.61. The van der Waals surface area contributed by atoms with E-state index in [4.69, 9.17) is 9.84 Å². The molecule has 0 radical (unpaired) electrons. The van der Waals surface area contributed by atoms with Crippen molar-refractivity contribution in [2.24, 2.45) is 0 Å². The van der Waals surface area contributed by atoms with Crippen LogP contribution in [-0.2, 0) is 6.61 Å². The van der Waals surface area contributed by atoms with E-state index in [-0.39, 0.29) is 6.61 Å². The number of fused-ring (bicyclic) bond motifs is 1. The zero-order chi connectivity index (χ0) is 10.1. The van der Waals surface area contributed by atoms with Crippen LogP contribution in [0.3, 0.4) is 0 Å². The van der Waals surface area contributed by atoms with Gasteiger partial charge in [0, 0.05) is 11.9 Å². The van der Waals surface area contributed by atoms with Crippen LogP contribution in [0.25, 0.3) is 5.65 Å². The molecule has 0 saturated carbocycles. The molecule has 0 aliphatic heterocycles. The summed E-state index contributed by atoms with van der Waals surface area (Å²) in [5.74, 6) is 0.718. The first-order chi connectivity index (χ1) is 6.77. The van der Waals surface area contributed by atoms with Crippen LogP contribution in [0.4, 0.5) is 0 Å². The van der Waals surface area contributed by atoms with Crippen molar-refractivity contribution in [3.05, 3.63) is 29.7 Å². The van der Waals surface area contributed by atoms with Gasteiger partial charge in [0.05, 0.1) is 19.4 Å². The lowest BCUT2D eigenvalue weighted by Gasteiger charge is -2.01. The molecule has 4 heteroatoms. The Labute approximate surface area is 81.8 Å². The molecule has 14 heavy (non-hydrogen) atoms. The number of methoxy groups -OCH3 is 1. The summed E-state index contributed by atoms with van der Waals surface area (Å²) in [5, 5.41) is 9.07. The van der Waals surface area contributed by atoms with Crippen LogP contribution < -0.4 is 4.74 Å². The first-order valence-corrected chi connectivity index (χ1v) is 4.39. The van der Waals surface area contributed by atoms with Gasteiger partial charge in [-0.25, -0.2) is 4.98 Å². The fourth-order valence-corrected chi connectivity index (χ4v) is 1.52. The highest BCUT2D eigenvalue weighted by Gasteiger charge is 2.09. The van der Waals surface area contributed by atoms with E-state index in [1.54, 1.807) is 7.11 Å². The topological polar surface area (TPSA) is 46.8 Å². The number of nitrogens with zero attached hydrogens (tertiary/aromatic N) is 2. The molecule has 74 valence electrons. The average Bonchev–Trinajstić information content (AvgIpc) is 2.55. The minimum Gasteiger partial charge on any atom is -0.493 e. The second-order valence-corrected chi connectivity index (χ2v) is 3.07. The van der Waals surface area contributed by atoms with E-state index in [0.29, 0.717) is 5.69 Å². The Kier molecular flexibility index (Phi) is 2.13. The van der Waals surface area contributed by atoms with Crippen LogP contribution >= 0.6 is 0 Å². The number of rotatable bonds is 2. The molecule has 4 nitrogen and oxygen atoms in total. The van der Waals surface area contributed by atoms with Gasteiger partial charge in [-0.05, 0) is 19.1 Å². The number of ether oxygens (including phenoxy) is 1. The molecule has 0 aliphatic rings. The van der Waals surface area contributed by atoms with E-state index in [1.165, 1.54) is 0 Å². The largest absolute Gasteiger partial charge is 0.493 e. The smallest absolute Gasteiger partial charge is 0.180 e. The fourth-order valence-electron chi connectivity index (χ4n) is 1.52. The molecule has 2 aromatic heterocycles. The highest BCUT2D eigenvalue weighted by atomic mass is 16.5. The van der Waals surface area contributed by atoms with Gasteiger partial charge in [-0.2, -0.15) is 0 Å². The lowest BCUT2D eigenvalue weighted by atomic mass is 10.3. The van der Waals surface area contributed by atoms with Gasteiger partial charge in [-0.1, -0.05) is 0 Å². The van der Waals surface area contributed by atoms with Crippen molar-refractivity contribution < 1.29 is 9.84 Å². The highest BCUT2D eigenvalue weighted by molar-refractivity contribution is 5.55. The summed E-state index contributed by atoms with van der Waals surface area (Å²) in [6.07, 6.45) is 1.90. The van der Waals surface area contributed by atoms with Crippen LogP contribution in [0, 0.1) is 6.92 Å². The third-order valence-electron chi connectivity index (χ3n) is 2.32. The summed E-state index contributed by atoms with van der Waals surface area (Å²) in [5.41, 5.74) is 2.38. The van der Waals surface area contributed by atoms with Gasteiger partial charge in [-0.15, -0.1) is 0 Å². The molecule has 2 rings (SSSR count). The van der Waals surface area contributed by atoms with E-state index in [2.05, 4.69) is 4.98 Å². The number of imidazole rings is 1. The van der Waals surface area contributed by atoms with Crippen molar-refractivity contribution in [2.75, 3.05) is 7.11 Å². The predicted molar refractivity (Wildman–Crippen MR) is 52.4 cm³/mol. The van der Waals surface area contributed by atoms with E-state index in [9.17, 15) is 0 Å². The van der Waals surface area contributed by atoms with Crippen LogP contribution in [0.2, 0.25) is 0 Å². The van der Waals surface area contributed by atoms with Gasteiger partial charge < -0.3 is 14.2 Å². The summed E-state index contributed by atoms with van der Waals surface area (Å²) in [6, 6.07) is 3.74. The summed E-state index contributed by atoms with van der Waals surface area (Å²) < 4.78 is 7.08. The molecule has 0 atom stereocenters. The predicted octanol–water partition coefficient (Wildman–Crippen LogP) is 1.14.